The van der Waals surface area contributed by atoms with Crippen molar-refractivity contribution in [3.63, 3.8) is 0 Å². The number of pyridine rings is 1. The lowest BCUT2D eigenvalue weighted by atomic mass is 9.96. The Morgan fingerprint density at radius 3 is 2.58 bits per heavy atom. The summed E-state index contributed by atoms with van der Waals surface area (Å²) in [6.07, 6.45) is 3.73. The number of ether oxygens (including phenoxy) is 4. The summed E-state index contributed by atoms with van der Waals surface area (Å²) in [5, 5.41) is 0. The van der Waals surface area contributed by atoms with Gasteiger partial charge in [-0.2, -0.15) is 8.78 Å². The third kappa shape index (κ3) is 6.46. The summed E-state index contributed by atoms with van der Waals surface area (Å²) < 4.78 is 46.0. The second-order valence-electron chi connectivity index (χ2n) is 8.69. The third-order valence-electron chi connectivity index (χ3n) is 6.07. The van der Waals surface area contributed by atoms with Gasteiger partial charge in [-0.25, -0.2) is 14.6 Å². The zero-order valence-corrected chi connectivity index (χ0v) is 19.6. The van der Waals surface area contributed by atoms with Crippen LogP contribution in [0.2, 0.25) is 0 Å². The minimum atomic E-state index is -3.00. The monoisotopic (exact) mass is 504 g/mol. The van der Waals surface area contributed by atoms with Crippen molar-refractivity contribution in [2.75, 3.05) is 19.9 Å². The van der Waals surface area contributed by atoms with E-state index in [1.165, 1.54) is 30.2 Å². The molecular weight excluding hydrogens is 478 g/mol. The first kappa shape index (κ1) is 25.3. The van der Waals surface area contributed by atoms with Gasteiger partial charge in [-0.1, -0.05) is 12.1 Å². The van der Waals surface area contributed by atoms with E-state index in [1.54, 1.807) is 24.3 Å². The van der Waals surface area contributed by atoms with Crippen molar-refractivity contribution in [3.05, 3.63) is 53.9 Å². The fourth-order valence-corrected chi connectivity index (χ4v) is 4.02. The smallest absolute Gasteiger partial charge is 0.387 e. The van der Waals surface area contributed by atoms with Gasteiger partial charge < -0.3 is 23.8 Å². The highest BCUT2D eigenvalue weighted by molar-refractivity contribution is 5.87. The van der Waals surface area contributed by atoms with E-state index in [9.17, 15) is 23.2 Å². The van der Waals surface area contributed by atoms with Gasteiger partial charge in [0.15, 0.2) is 11.5 Å². The number of hydrogen-bond acceptors (Lipinski definition) is 8. The van der Waals surface area contributed by atoms with Crippen molar-refractivity contribution in [3.8, 4) is 11.5 Å². The van der Waals surface area contributed by atoms with Crippen molar-refractivity contribution in [1.29, 1.82) is 0 Å². The van der Waals surface area contributed by atoms with E-state index in [0.29, 0.717) is 18.1 Å². The van der Waals surface area contributed by atoms with Crippen LogP contribution in [-0.4, -0.2) is 60.3 Å². The van der Waals surface area contributed by atoms with Gasteiger partial charge in [-0.15, -0.1) is 0 Å². The molecule has 0 N–H and O–H groups in total. The lowest BCUT2D eigenvalue weighted by molar-refractivity contribution is -0.160. The molecule has 9 nitrogen and oxygen atoms in total. The minimum Gasteiger partial charge on any atom is -0.489 e. The van der Waals surface area contributed by atoms with Gasteiger partial charge in [0.2, 0.25) is 12.7 Å². The first-order valence-corrected chi connectivity index (χ1v) is 11.6. The van der Waals surface area contributed by atoms with E-state index >= 15 is 0 Å². The zero-order valence-electron chi connectivity index (χ0n) is 19.6. The van der Waals surface area contributed by atoms with E-state index < -0.39 is 31.4 Å². The Hall–Kier alpha value is -3.76. The molecular formula is C25H26F2N2O7. The number of aromatic nitrogens is 1. The fourth-order valence-electron chi connectivity index (χ4n) is 4.02. The number of carbonyl (C=O) groups is 3. The predicted molar refractivity (Wildman–Crippen MR) is 120 cm³/mol. The van der Waals surface area contributed by atoms with E-state index in [2.05, 4.69) is 9.72 Å². The number of esters is 2. The van der Waals surface area contributed by atoms with Crippen LogP contribution in [0, 0.1) is 5.92 Å². The molecule has 0 bridgehead atoms. The SMILES string of the molecule is CC(=O)N1C[C@H](c2ccc(OC(F)F)c(OCC3CC3)c2)C[C@@H]1C(=O)OCOC(=O)c1ccccn1. The molecule has 2 atom stereocenters. The maximum atomic E-state index is 12.8. The highest BCUT2D eigenvalue weighted by atomic mass is 19.3. The zero-order chi connectivity index (χ0) is 25.7. The average molecular weight is 504 g/mol. The molecule has 2 aliphatic rings. The Morgan fingerprint density at radius 2 is 1.92 bits per heavy atom. The molecule has 1 saturated carbocycles. The van der Waals surface area contributed by atoms with Crippen LogP contribution in [0.1, 0.15) is 48.2 Å². The van der Waals surface area contributed by atoms with Crippen LogP contribution in [-0.2, 0) is 19.1 Å². The third-order valence-corrected chi connectivity index (χ3v) is 6.07. The number of carbonyl (C=O) groups excluding carboxylic acids is 3. The highest BCUT2D eigenvalue weighted by Gasteiger charge is 2.40. The Kier molecular flexibility index (Phi) is 7.97. The summed E-state index contributed by atoms with van der Waals surface area (Å²) in [7, 11) is 0. The van der Waals surface area contributed by atoms with Crippen molar-refractivity contribution in [2.24, 2.45) is 5.92 Å². The van der Waals surface area contributed by atoms with Crippen molar-refractivity contribution < 1.29 is 42.1 Å². The summed E-state index contributed by atoms with van der Waals surface area (Å²) in [6, 6.07) is 8.47. The van der Waals surface area contributed by atoms with Crippen LogP contribution in [0.5, 0.6) is 11.5 Å². The molecule has 1 saturated heterocycles. The summed E-state index contributed by atoms with van der Waals surface area (Å²) in [5.74, 6) is -1.54. The van der Waals surface area contributed by atoms with E-state index in [0.717, 1.165) is 12.8 Å². The Morgan fingerprint density at radius 1 is 1.11 bits per heavy atom. The molecule has 0 radical (unpaired) electrons. The van der Waals surface area contributed by atoms with E-state index in [1.807, 2.05) is 0 Å². The fraction of sp³-hybridized carbons (Fsp3) is 0.440. The molecule has 36 heavy (non-hydrogen) atoms. The minimum absolute atomic E-state index is 0.0681. The Bertz CT molecular complexity index is 1100. The lowest BCUT2D eigenvalue weighted by Crippen LogP contribution is -2.40. The lowest BCUT2D eigenvalue weighted by Gasteiger charge is -2.21. The van der Waals surface area contributed by atoms with Gasteiger partial charge in [0.1, 0.15) is 11.7 Å². The largest absolute Gasteiger partial charge is 0.489 e. The van der Waals surface area contributed by atoms with Gasteiger partial charge in [-0.05, 0) is 55.0 Å². The number of benzene rings is 1. The first-order valence-electron chi connectivity index (χ1n) is 11.6. The second-order valence-corrected chi connectivity index (χ2v) is 8.69. The van der Waals surface area contributed by atoms with Crippen molar-refractivity contribution >= 4 is 17.8 Å². The first-order chi connectivity index (χ1) is 17.3. The van der Waals surface area contributed by atoms with Crippen molar-refractivity contribution in [2.45, 2.75) is 44.8 Å². The standard InChI is InChI=1S/C25H26F2N2O7/c1-15(30)29-12-18(10-20(29)24(32)35-14-34-23(31)19-4-2-3-9-28-19)17-7-8-21(36-25(26)27)22(11-17)33-13-16-5-6-16/h2-4,7-9,11,16,18,20,25H,5-6,10,12-14H2,1H3/t18-,20-/m1/s1. The molecule has 1 amide bonds. The average Bonchev–Trinajstić information content (AvgIpc) is 3.58. The molecule has 11 heteroatoms. The quantitative estimate of drug-likeness (QED) is 0.358. The van der Waals surface area contributed by atoms with Gasteiger partial charge in [0.05, 0.1) is 6.61 Å². The second kappa shape index (κ2) is 11.3. The molecule has 4 rings (SSSR count). The molecule has 192 valence electrons. The van der Waals surface area contributed by atoms with Crippen LogP contribution in [0.25, 0.3) is 0 Å². The molecule has 2 aromatic rings. The van der Waals surface area contributed by atoms with Gasteiger partial charge in [0, 0.05) is 25.6 Å². The molecule has 1 aromatic heterocycles. The molecule has 1 aliphatic carbocycles. The van der Waals surface area contributed by atoms with Crippen LogP contribution < -0.4 is 9.47 Å². The summed E-state index contributed by atoms with van der Waals surface area (Å²) in [6.45, 7) is -1.66. The van der Waals surface area contributed by atoms with Crippen LogP contribution >= 0.6 is 0 Å². The van der Waals surface area contributed by atoms with Crippen LogP contribution in [0.15, 0.2) is 42.6 Å². The maximum absolute atomic E-state index is 12.8. The van der Waals surface area contributed by atoms with E-state index in [-0.39, 0.29) is 42.0 Å². The molecule has 1 aromatic carbocycles. The number of halogens is 2. The molecule has 1 aliphatic heterocycles. The normalized spacial score (nSPS) is 19.2. The van der Waals surface area contributed by atoms with Crippen LogP contribution in [0.4, 0.5) is 8.78 Å². The number of amides is 1. The molecule has 2 heterocycles. The Balaban J connectivity index is 1.41. The number of alkyl halides is 2. The van der Waals surface area contributed by atoms with Gasteiger partial charge in [0.25, 0.3) is 0 Å². The predicted octanol–water partition coefficient (Wildman–Crippen LogP) is 3.53. The highest BCUT2D eigenvalue weighted by Crippen LogP contribution is 2.39. The van der Waals surface area contributed by atoms with Gasteiger partial charge in [-0.3, -0.25) is 4.79 Å². The number of likely N-dealkylation sites (tertiary alicyclic amines) is 1. The molecule has 0 spiro atoms. The van der Waals surface area contributed by atoms with Gasteiger partial charge >= 0.3 is 18.6 Å². The van der Waals surface area contributed by atoms with E-state index in [4.69, 9.17) is 14.2 Å². The maximum Gasteiger partial charge on any atom is 0.387 e. The molecule has 2 fully saturated rings. The summed E-state index contributed by atoms with van der Waals surface area (Å²) >= 11 is 0. The number of rotatable bonds is 10. The topological polar surface area (TPSA) is 104 Å². The summed E-state index contributed by atoms with van der Waals surface area (Å²) in [5.41, 5.74) is 0.782. The summed E-state index contributed by atoms with van der Waals surface area (Å²) in [4.78, 5) is 42.2. The molecule has 0 unspecified atom stereocenters. The number of nitrogens with zero attached hydrogens (tertiary/aromatic N) is 2. The van der Waals surface area contributed by atoms with Crippen LogP contribution in [0.3, 0.4) is 0 Å². The van der Waals surface area contributed by atoms with Crippen molar-refractivity contribution in [1.82, 2.24) is 9.88 Å². The number of hydrogen-bond donors (Lipinski definition) is 0. The Labute approximate surface area is 206 Å².